The highest BCUT2D eigenvalue weighted by molar-refractivity contribution is 7.98. The van der Waals surface area contributed by atoms with E-state index in [2.05, 4.69) is 9.97 Å². The summed E-state index contributed by atoms with van der Waals surface area (Å²) in [5.41, 5.74) is 4.81. The number of fused-ring (bicyclic) bond motifs is 1. The number of aromatic carboxylic acids is 1. The smallest absolute Gasteiger partial charge is 0.335 e. The van der Waals surface area contributed by atoms with Crippen molar-refractivity contribution < 1.29 is 14.6 Å². The summed E-state index contributed by atoms with van der Waals surface area (Å²) < 4.78 is 7.41. The zero-order chi connectivity index (χ0) is 18.1. The summed E-state index contributed by atoms with van der Waals surface area (Å²) in [6.07, 6.45) is 1.82. The van der Waals surface area contributed by atoms with Crippen LogP contribution in [-0.2, 0) is 12.8 Å². The lowest BCUT2D eigenvalue weighted by atomic mass is 10.1. The fraction of sp³-hybridized carbons (Fsp3) is 0.278. The van der Waals surface area contributed by atoms with Crippen molar-refractivity contribution in [1.29, 1.82) is 0 Å². The molecular formula is C18H19N3O3S. The van der Waals surface area contributed by atoms with Crippen molar-refractivity contribution in [1.82, 2.24) is 14.5 Å². The van der Waals surface area contributed by atoms with Crippen LogP contribution in [-0.4, -0.2) is 32.7 Å². The molecule has 0 radical (unpaired) electrons. The van der Waals surface area contributed by atoms with Gasteiger partial charge in [-0.15, -0.1) is 0 Å². The Hall–Kier alpha value is -2.54. The Morgan fingerprint density at radius 2 is 2.12 bits per heavy atom. The van der Waals surface area contributed by atoms with Crippen molar-refractivity contribution in [3.8, 4) is 5.75 Å². The first kappa shape index (κ1) is 17.3. The van der Waals surface area contributed by atoms with E-state index in [1.54, 1.807) is 37.1 Å². The molecule has 6 nitrogen and oxygen atoms in total. The molecule has 0 amide bonds. The number of benzene rings is 1. The number of ether oxygens (including phenoxy) is 1. The van der Waals surface area contributed by atoms with Gasteiger partial charge < -0.3 is 14.4 Å². The lowest BCUT2D eigenvalue weighted by Crippen LogP contribution is -1.99. The van der Waals surface area contributed by atoms with Crippen LogP contribution < -0.4 is 4.74 Å². The van der Waals surface area contributed by atoms with E-state index in [-0.39, 0.29) is 5.56 Å². The molecule has 0 atom stereocenters. The van der Waals surface area contributed by atoms with E-state index in [1.807, 2.05) is 31.7 Å². The molecule has 25 heavy (non-hydrogen) atoms. The molecule has 0 unspecified atom stereocenters. The molecule has 1 aromatic carbocycles. The maximum atomic E-state index is 11.1. The van der Waals surface area contributed by atoms with E-state index < -0.39 is 5.97 Å². The van der Waals surface area contributed by atoms with Crippen LogP contribution >= 0.6 is 11.8 Å². The molecule has 0 aliphatic rings. The maximum absolute atomic E-state index is 11.1. The average Bonchev–Trinajstić information content (AvgIpc) is 2.90. The molecule has 2 heterocycles. The number of carbonyl (C=O) groups is 1. The highest BCUT2D eigenvalue weighted by atomic mass is 32.2. The summed E-state index contributed by atoms with van der Waals surface area (Å²) in [4.78, 5) is 20.2. The van der Waals surface area contributed by atoms with Gasteiger partial charge in [-0.1, -0.05) is 11.8 Å². The minimum absolute atomic E-state index is 0.239. The zero-order valence-electron chi connectivity index (χ0n) is 14.5. The number of carboxylic acids is 1. The summed E-state index contributed by atoms with van der Waals surface area (Å²) in [6, 6.07) is 4.98. The number of nitrogens with zero attached hydrogens (tertiary/aromatic N) is 3. The fourth-order valence-electron chi connectivity index (χ4n) is 2.79. The number of carboxylic acid groups (broad SMARTS) is 1. The molecule has 130 valence electrons. The van der Waals surface area contributed by atoms with Crippen LogP contribution in [0.1, 0.15) is 27.2 Å². The van der Waals surface area contributed by atoms with Gasteiger partial charge in [0.05, 0.1) is 29.4 Å². The van der Waals surface area contributed by atoms with Gasteiger partial charge in [0.15, 0.2) is 5.16 Å². The molecule has 0 aliphatic heterocycles. The third-order valence-electron chi connectivity index (χ3n) is 4.17. The topological polar surface area (TPSA) is 77.2 Å². The molecule has 3 rings (SSSR count). The van der Waals surface area contributed by atoms with E-state index in [4.69, 9.17) is 9.84 Å². The van der Waals surface area contributed by atoms with Crippen LogP contribution in [0.3, 0.4) is 0 Å². The number of imidazole rings is 1. The minimum Gasteiger partial charge on any atom is -0.496 e. The Morgan fingerprint density at radius 3 is 2.80 bits per heavy atom. The molecule has 0 spiro atoms. The first-order valence-corrected chi connectivity index (χ1v) is 8.72. The second kappa shape index (κ2) is 6.76. The number of hydrogen-bond acceptors (Lipinski definition) is 5. The molecule has 0 saturated carbocycles. The number of pyridine rings is 1. The predicted octanol–water partition coefficient (Wildman–Crippen LogP) is 3.58. The number of methoxy groups -OCH3 is 1. The summed E-state index contributed by atoms with van der Waals surface area (Å²) in [6.45, 7) is 3.98. The van der Waals surface area contributed by atoms with Gasteiger partial charge >= 0.3 is 5.97 Å². The van der Waals surface area contributed by atoms with Crippen molar-refractivity contribution in [3.05, 3.63) is 46.8 Å². The van der Waals surface area contributed by atoms with Crippen molar-refractivity contribution in [2.45, 2.75) is 24.8 Å². The summed E-state index contributed by atoms with van der Waals surface area (Å²) in [5.74, 6) is 0.570. The number of aryl methyl sites for hydroxylation is 2. The Kier molecular flexibility index (Phi) is 4.67. The zero-order valence-corrected chi connectivity index (χ0v) is 15.3. The van der Waals surface area contributed by atoms with Crippen LogP contribution in [0.15, 0.2) is 29.6 Å². The van der Waals surface area contributed by atoms with Crippen molar-refractivity contribution in [3.63, 3.8) is 0 Å². The van der Waals surface area contributed by atoms with Gasteiger partial charge in [0.2, 0.25) is 0 Å². The minimum atomic E-state index is -0.951. The summed E-state index contributed by atoms with van der Waals surface area (Å²) >= 11 is 1.57. The van der Waals surface area contributed by atoms with Crippen molar-refractivity contribution in [2.75, 3.05) is 7.11 Å². The van der Waals surface area contributed by atoms with Gasteiger partial charge in [-0.05, 0) is 32.0 Å². The number of thioether (sulfide) groups is 1. The number of rotatable bonds is 5. The lowest BCUT2D eigenvalue weighted by Gasteiger charge is -2.11. The molecule has 1 N–H and O–H groups in total. The van der Waals surface area contributed by atoms with E-state index >= 15 is 0 Å². The van der Waals surface area contributed by atoms with Gasteiger partial charge in [0, 0.05) is 30.1 Å². The van der Waals surface area contributed by atoms with Gasteiger partial charge in [-0.3, -0.25) is 4.98 Å². The Morgan fingerprint density at radius 1 is 1.36 bits per heavy atom. The van der Waals surface area contributed by atoms with Gasteiger partial charge in [0.25, 0.3) is 0 Å². The Balaban J connectivity index is 1.89. The van der Waals surface area contributed by atoms with Crippen LogP contribution in [0, 0.1) is 13.8 Å². The highest BCUT2D eigenvalue weighted by Gasteiger charge is 2.14. The SMILES string of the molecule is COc1c(C)cnc(CSc2nc3cc(C(=O)O)ccc3n2C)c1C. The van der Waals surface area contributed by atoms with Gasteiger partial charge in [-0.2, -0.15) is 0 Å². The largest absolute Gasteiger partial charge is 0.496 e. The average molecular weight is 357 g/mol. The second-order valence-corrected chi connectivity index (χ2v) is 6.74. The van der Waals surface area contributed by atoms with Crippen LogP contribution in [0.2, 0.25) is 0 Å². The van der Waals surface area contributed by atoms with Gasteiger partial charge in [-0.25, -0.2) is 9.78 Å². The predicted molar refractivity (Wildman–Crippen MR) is 97.5 cm³/mol. The van der Waals surface area contributed by atoms with E-state index in [0.29, 0.717) is 11.3 Å². The number of hydrogen-bond donors (Lipinski definition) is 1. The molecule has 7 heteroatoms. The van der Waals surface area contributed by atoms with E-state index in [0.717, 1.165) is 33.2 Å². The monoisotopic (exact) mass is 357 g/mol. The standard InChI is InChI=1S/C18H19N3O3S/c1-10-8-19-14(11(2)16(10)24-4)9-25-18-20-13-7-12(17(22)23)5-6-15(13)21(18)3/h5-8H,9H2,1-4H3,(H,22,23). The van der Waals surface area contributed by atoms with Crippen molar-refractivity contribution >= 4 is 28.8 Å². The molecule has 2 aromatic heterocycles. The maximum Gasteiger partial charge on any atom is 0.335 e. The first-order valence-electron chi connectivity index (χ1n) is 7.74. The summed E-state index contributed by atoms with van der Waals surface area (Å²) in [7, 11) is 3.59. The van der Waals surface area contributed by atoms with Crippen molar-refractivity contribution in [2.24, 2.45) is 7.05 Å². The third kappa shape index (κ3) is 3.19. The quantitative estimate of drug-likeness (QED) is 0.703. The molecule has 0 aliphatic carbocycles. The molecule has 0 fully saturated rings. The van der Waals surface area contributed by atoms with Gasteiger partial charge in [0.1, 0.15) is 5.75 Å². The lowest BCUT2D eigenvalue weighted by molar-refractivity contribution is 0.0697. The summed E-state index contributed by atoms with van der Waals surface area (Å²) in [5, 5.41) is 9.93. The van der Waals surface area contributed by atoms with Crippen LogP contribution in [0.4, 0.5) is 0 Å². The van der Waals surface area contributed by atoms with E-state index in [9.17, 15) is 4.79 Å². The van der Waals surface area contributed by atoms with Crippen LogP contribution in [0.25, 0.3) is 11.0 Å². The highest BCUT2D eigenvalue weighted by Crippen LogP contribution is 2.30. The molecule has 0 saturated heterocycles. The Labute approximate surface area is 149 Å². The van der Waals surface area contributed by atoms with Crippen LogP contribution in [0.5, 0.6) is 5.75 Å². The van der Waals surface area contributed by atoms with E-state index in [1.165, 1.54) is 0 Å². The molecule has 3 aromatic rings. The second-order valence-electron chi connectivity index (χ2n) is 5.80. The number of aromatic nitrogens is 3. The first-order chi connectivity index (χ1) is 11.9. The molecular weight excluding hydrogens is 338 g/mol. The fourth-order valence-corrected chi connectivity index (χ4v) is 3.80. The normalized spacial score (nSPS) is 11.0. The molecule has 0 bridgehead atoms. The Bertz CT molecular complexity index is 966. The third-order valence-corrected chi connectivity index (χ3v) is 5.22.